The Morgan fingerprint density at radius 1 is 0.731 bits per heavy atom. The standard InChI is InChI=1S/C20H43NO.NO3/c1-20(2)16-14-12-10-8-6-4-3-5-7-9-11-13-15-17-21-18-19-22;2-1(3)4/h20-22H,3-19H2,1-2H3;/q;-1/p+1. The minimum absolute atomic E-state index is 0.317. The van der Waals surface area contributed by atoms with E-state index in [0.29, 0.717) is 6.61 Å². The van der Waals surface area contributed by atoms with E-state index in [4.69, 9.17) is 20.4 Å². The molecule has 0 aliphatic heterocycles. The Kier molecular flexibility index (Phi) is 25.4. The van der Waals surface area contributed by atoms with Gasteiger partial charge in [0.2, 0.25) is 0 Å². The zero-order valence-electron chi connectivity index (χ0n) is 17.3. The van der Waals surface area contributed by atoms with Gasteiger partial charge in [0.25, 0.3) is 0 Å². The smallest absolute Gasteiger partial charge is 0.0990 e. The SMILES string of the molecule is CC(C)CCCCCCCCCCCCCCC[NH2+]CCO.O=[N+]([O-])[O-]. The second-order valence-electron chi connectivity index (χ2n) is 7.59. The zero-order chi connectivity index (χ0) is 19.9. The maximum atomic E-state index is 8.67. The lowest BCUT2D eigenvalue weighted by Gasteiger charge is -2.05. The van der Waals surface area contributed by atoms with Crippen LogP contribution in [-0.2, 0) is 0 Å². The van der Waals surface area contributed by atoms with Gasteiger partial charge in [0.1, 0.15) is 0 Å². The van der Waals surface area contributed by atoms with E-state index in [1.165, 1.54) is 96.4 Å². The predicted molar refractivity (Wildman–Crippen MR) is 109 cm³/mol. The van der Waals surface area contributed by atoms with Crippen LogP contribution < -0.4 is 5.32 Å². The highest BCUT2D eigenvalue weighted by Gasteiger charge is 1.96. The first-order valence-corrected chi connectivity index (χ1v) is 10.7. The highest BCUT2D eigenvalue weighted by Crippen LogP contribution is 2.14. The second-order valence-corrected chi connectivity index (χ2v) is 7.59. The first kappa shape index (κ1) is 27.3. The van der Waals surface area contributed by atoms with Gasteiger partial charge in [-0.3, -0.25) is 0 Å². The number of aliphatic hydroxyl groups is 1. The summed E-state index contributed by atoms with van der Waals surface area (Å²) < 4.78 is 0. The Morgan fingerprint density at radius 2 is 1.08 bits per heavy atom. The zero-order valence-corrected chi connectivity index (χ0v) is 17.3. The molecular formula is C20H44N2O4. The lowest BCUT2D eigenvalue weighted by atomic mass is 10.0. The quantitative estimate of drug-likeness (QED) is 0.210. The molecule has 0 spiro atoms. The molecule has 0 unspecified atom stereocenters. The molecule has 0 atom stereocenters. The van der Waals surface area contributed by atoms with Crippen LogP contribution in [0.5, 0.6) is 0 Å². The van der Waals surface area contributed by atoms with Gasteiger partial charge in [0.15, 0.2) is 0 Å². The van der Waals surface area contributed by atoms with Crippen molar-refractivity contribution in [3.63, 3.8) is 0 Å². The average molecular weight is 377 g/mol. The Bertz CT molecular complexity index is 273. The minimum Gasteiger partial charge on any atom is -0.391 e. The van der Waals surface area contributed by atoms with Crippen molar-refractivity contribution >= 4 is 0 Å². The van der Waals surface area contributed by atoms with Crippen molar-refractivity contribution in [1.29, 1.82) is 0 Å². The fourth-order valence-electron chi connectivity index (χ4n) is 3.02. The van der Waals surface area contributed by atoms with Gasteiger partial charge >= 0.3 is 0 Å². The Hall–Kier alpha value is -0.880. The van der Waals surface area contributed by atoms with E-state index in [2.05, 4.69) is 19.2 Å². The third-order valence-corrected chi connectivity index (χ3v) is 4.52. The summed E-state index contributed by atoms with van der Waals surface area (Å²) in [6.07, 6.45) is 20.0. The van der Waals surface area contributed by atoms with E-state index in [-0.39, 0.29) is 0 Å². The molecule has 0 bridgehead atoms. The summed E-state index contributed by atoms with van der Waals surface area (Å²) in [7, 11) is 0. The first-order valence-electron chi connectivity index (χ1n) is 10.7. The van der Waals surface area contributed by atoms with Gasteiger partial charge in [-0.2, -0.15) is 0 Å². The van der Waals surface area contributed by atoms with Crippen molar-refractivity contribution < 1.29 is 15.5 Å². The number of unbranched alkanes of at least 4 members (excludes halogenated alkanes) is 12. The van der Waals surface area contributed by atoms with E-state index in [9.17, 15) is 0 Å². The third kappa shape index (κ3) is 34.5. The minimum atomic E-state index is -1.75. The molecule has 0 aromatic carbocycles. The third-order valence-electron chi connectivity index (χ3n) is 4.52. The van der Waals surface area contributed by atoms with Crippen molar-refractivity contribution in [3.05, 3.63) is 15.3 Å². The Labute approximate surface area is 160 Å². The highest BCUT2D eigenvalue weighted by molar-refractivity contribution is 4.50. The molecule has 0 aromatic heterocycles. The molecule has 0 saturated heterocycles. The molecule has 158 valence electrons. The van der Waals surface area contributed by atoms with E-state index in [0.717, 1.165) is 12.5 Å². The summed E-state index contributed by atoms with van der Waals surface area (Å²) in [6.45, 7) is 7.04. The molecule has 0 aliphatic carbocycles. The first-order chi connectivity index (χ1) is 12.5. The van der Waals surface area contributed by atoms with Gasteiger partial charge in [-0.25, -0.2) is 0 Å². The molecule has 26 heavy (non-hydrogen) atoms. The largest absolute Gasteiger partial charge is 0.391 e. The normalized spacial score (nSPS) is 10.6. The van der Waals surface area contributed by atoms with Crippen LogP contribution in [0.25, 0.3) is 0 Å². The number of aliphatic hydroxyl groups excluding tert-OH is 1. The molecule has 0 saturated carbocycles. The van der Waals surface area contributed by atoms with Crippen LogP contribution >= 0.6 is 0 Å². The number of rotatable bonds is 18. The van der Waals surface area contributed by atoms with Crippen molar-refractivity contribution in [2.45, 2.75) is 104 Å². The summed E-state index contributed by atoms with van der Waals surface area (Å²) in [6, 6.07) is 0. The topological polar surface area (TPSA) is 103 Å². The number of hydrogen-bond donors (Lipinski definition) is 2. The summed E-state index contributed by atoms with van der Waals surface area (Å²) in [5, 5.41) is 25.6. The van der Waals surface area contributed by atoms with Gasteiger partial charge in [-0.05, 0) is 18.8 Å². The molecule has 0 aliphatic rings. The molecule has 0 heterocycles. The van der Waals surface area contributed by atoms with Crippen molar-refractivity contribution in [2.24, 2.45) is 5.92 Å². The van der Waals surface area contributed by atoms with Crippen molar-refractivity contribution in [1.82, 2.24) is 0 Å². The lowest BCUT2D eigenvalue weighted by molar-refractivity contribution is -0.656. The highest BCUT2D eigenvalue weighted by atomic mass is 16.9. The fourth-order valence-corrected chi connectivity index (χ4v) is 3.02. The summed E-state index contributed by atoms with van der Waals surface area (Å²) in [5.74, 6) is 0.888. The Balaban J connectivity index is 0. The van der Waals surface area contributed by atoms with E-state index in [1.807, 2.05) is 0 Å². The summed E-state index contributed by atoms with van der Waals surface area (Å²) >= 11 is 0. The van der Waals surface area contributed by atoms with Crippen LogP contribution in [0.3, 0.4) is 0 Å². The van der Waals surface area contributed by atoms with Crippen LogP contribution in [0.1, 0.15) is 104 Å². The summed E-state index contributed by atoms with van der Waals surface area (Å²) in [5.41, 5.74) is 0. The molecule has 3 N–H and O–H groups in total. The monoisotopic (exact) mass is 376 g/mol. The van der Waals surface area contributed by atoms with Crippen molar-refractivity contribution in [2.75, 3.05) is 19.7 Å². The van der Waals surface area contributed by atoms with Crippen LogP contribution in [0, 0.1) is 21.2 Å². The van der Waals surface area contributed by atoms with Crippen LogP contribution in [0.15, 0.2) is 0 Å². The fraction of sp³-hybridized carbons (Fsp3) is 1.00. The van der Waals surface area contributed by atoms with Crippen LogP contribution in [-0.4, -0.2) is 29.9 Å². The molecule has 0 amide bonds. The number of nitrogens with two attached hydrogens (primary N) is 1. The number of hydrogen-bond acceptors (Lipinski definition) is 4. The molecular weight excluding hydrogens is 332 g/mol. The molecule has 6 heteroatoms. The molecule has 0 radical (unpaired) electrons. The lowest BCUT2D eigenvalue weighted by Crippen LogP contribution is -2.85. The van der Waals surface area contributed by atoms with E-state index < -0.39 is 5.09 Å². The molecule has 6 nitrogen and oxygen atoms in total. The number of nitrogens with zero attached hydrogens (tertiary/aromatic N) is 1. The van der Waals surface area contributed by atoms with Gasteiger partial charge in [0, 0.05) is 0 Å². The molecule has 0 rings (SSSR count). The molecule has 0 fully saturated rings. The van der Waals surface area contributed by atoms with E-state index in [1.54, 1.807) is 0 Å². The van der Waals surface area contributed by atoms with Gasteiger partial charge in [-0.15, -0.1) is 0 Å². The van der Waals surface area contributed by atoms with Crippen LogP contribution in [0.2, 0.25) is 0 Å². The van der Waals surface area contributed by atoms with Gasteiger partial charge in [-0.1, -0.05) is 90.9 Å². The van der Waals surface area contributed by atoms with E-state index >= 15 is 0 Å². The Morgan fingerprint density at radius 3 is 1.42 bits per heavy atom. The van der Waals surface area contributed by atoms with Gasteiger partial charge < -0.3 is 25.7 Å². The average Bonchev–Trinajstić information content (AvgIpc) is 2.57. The summed E-state index contributed by atoms with van der Waals surface area (Å²) in [4.78, 5) is 8.25. The maximum Gasteiger partial charge on any atom is 0.0990 e. The molecule has 0 aromatic rings. The second kappa shape index (κ2) is 24.1. The van der Waals surface area contributed by atoms with Crippen LogP contribution in [0.4, 0.5) is 0 Å². The maximum absolute atomic E-state index is 8.67. The van der Waals surface area contributed by atoms with Gasteiger partial charge in [0.05, 0.1) is 24.8 Å². The van der Waals surface area contributed by atoms with Crippen molar-refractivity contribution in [3.8, 4) is 0 Å². The number of quaternary nitrogens is 1. The predicted octanol–water partition coefficient (Wildman–Crippen LogP) is 4.42.